The minimum absolute atomic E-state index is 0.0685. The quantitative estimate of drug-likeness (QED) is 0.789. The van der Waals surface area contributed by atoms with E-state index in [1.165, 1.54) is 0 Å². The molecule has 1 aliphatic heterocycles. The molecule has 0 amide bonds. The molecule has 0 N–H and O–H groups in total. The predicted octanol–water partition coefficient (Wildman–Crippen LogP) is 1.93. The van der Waals surface area contributed by atoms with Crippen molar-refractivity contribution < 1.29 is 14.3 Å². The summed E-state index contributed by atoms with van der Waals surface area (Å²) in [4.78, 5) is 14.7. The van der Waals surface area contributed by atoms with Crippen LogP contribution in [0.1, 0.15) is 10.4 Å². The van der Waals surface area contributed by atoms with Crippen molar-refractivity contribution >= 4 is 17.5 Å². The molecule has 1 heterocycles. The number of methoxy groups -OCH3 is 2. The highest BCUT2D eigenvalue weighted by atomic mass is 32.2. The summed E-state index contributed by atoms with van der Waals surface area (Å²) in [7, 11) is 5.17. The number of benzene rings is 1. The molecule has 1 saturated heterocycles. The van der Waals surface area contributed by atoms with E-state index in [-0.39, 0.29) is 11.8 Å². The van der Waals surface area contributed by atoms with Crippen LogP contribution in [0.15, 0.2) is 18.2 Å². The van der Waals surface area contributed by atoms with Gasteiger partial charge >= 0.3 is 0 Å². The Bertz CT molecular complexity index is 464. The lowest BCUT2D eigenvalue weighted by Gasteiger charge is -2.31. The molecule has 1 aromatic carbocycles. The van der Waals surface area contributed by atoms with Crippen molar-refractivity contribution in [3.05, 3.63) is 23.8 Å². The Kier molecular flexibility index (Phi) is 4.71. The molecule has 1 atom stereocenters. The van der Waals surface area contributed by atoms with Crippen LogP contribution in [-0.4, -0.2) is 56.0 Å². The third kappa shape index (κ3) is 3.04. The van der Waals surface area contributed by atoms with Gasteiger partial charge in [0.05, 0.1) is 25.8 Å². The summed E-state index contributed by atoms with van der Waals surface area (Å²) in [5.74, 6) is 3.31. The third-order valence-electron chi connectivity index (χ3n) is 3.37. The summed E-state index contributed by atoms with van der Waals surface area (Å²) in [6, 6.07) is 5.27. The topological polar surface area (TPSA) is 38.8 Å². The number of hydrogen-bond acceptors (Lipinski definition) is 5. The standard InChI is InChI=1S/C14H19NO3S/c1-15-6-7-19-9-12(15)14(16)11-5-4-10(17-2)8-13(11)18-3/h4-5,8,12H,6-7,9H2,1-3H3. The molecule has 0 radical (unpaired) electrons. The Morgan fingerprint density at radius 1 is 1.37 bits per heavy atom. The molecule has 4 nitrogen and oxygen atoms in total. The first-order valence-electron chi connectivity index (χ1n) is 6.21. The molecule has 0 spiro atoms. The van der Waals surface area contributed by atoms with Crippen molar-refractivity contribution in [1.82, 2.24) is 4.90 Å². The van der Waals surface area contributed by atoms with Gasteiger partial charge in [0.25, 0.3) is 0 Å². The summed E-state index contributed by atoms with van der Waals surface area (Å²) < 4.78 is 10.5. The van der Waals surface area contributed by atoms with E-state index < -0.39 is 0 Å². The summed E-state index contributed by atoms with van der Waals surface area (Å²) in [6.45, 7) is 0.944. The summed E-state index contributed by atoms with van der Waals surface area (Å²) in [5, 5.41) is 0. The van der Waals surface area contributed by atoms with Crippen molar-refractivity contribution in [3.63, 3.8) is 0 Å². The second kappa shape index (κ2) is 6.30. The normalized spacial score (nSPS) is 20.1. The fourth-order valence-corrected chi connectivity index (χ4v) is 3.36. The number of rotatable bonds is 4. The SMILES string of the molecule is COc1ccc(C(=O)C2CSCCN2C)c(OC)c1. The van der Waals surface area contributed by atoms with E-state index in [4.69, 9.17) is 9.47 Å². The van der Waals surface area contributed by atoms with Crippen molar-refractivity contribution in [2.45, 2.75) is 6.04 Å². The first-order valence-corrected chi connectivity index (χ1v) is 7.37. The van der Waals surface area contributed by atoms with Crippen LogP contribution < -0.4 is 9.47 Å². The highest BCUT2D eigenvalue weighted by molar-refractivity contribution is 7.99. The van der Waals surface area contributed by atoms with Gasteiger partial charge in [-0.15, -0.1) is 0 Å². The van der Waals surface area contributed by atoms with Crippen LogP contribution in [0.5, 0.6) is 11.5 Å². The fraction of sp³-hybridized carbons (Fsp3) is 0.500. The number of thioether (sulfide) groups is 1. The molecule has 5 heteroatoms. The minimum Gasteiger partial charge on any atom is -0.497 e. The lowest BCUT2D eigenvalue weighted by molar-refractivity contribution is 0.0871. The lowest BCUT2D eigenvalue weighted by Crippen LogP contribution is -2.44. The lowest BCUT2D eigenvalue weighted by atomic mass is 10.0. The van der Waals surface area contributed by atoms with Gasteiger partial charge in [-0.25, -0.2) is 0 Å². The maximum absolute atomic E-state index is 12.6. The number of nitrogens with zero attached hydrogens (tertiary/aromatic N) is 1. The third-order valence-corrected chi connectivity index (χ3v) is 4.40. The number of likely N-dealkylation sites (N-methyl/N-ethyl adjacent to an activating group) is 1. The van der Waals surface area contributed by atoms with Gasteiger partial charge in [0, 0.05) is 24.1 Å². The van der Waals surface area contributed by atoms with Gasteiger partial charge in [-0.3, -0.25) is 9.69 Å². The van der Waals surface area contributed by atoms with E-state index in [0.717, 1.165) is 18.1 Å². The Morgan fingerprint density at radius 2 is 2.16 bits per heavy atom. The predicted molar refractivity (Wildman–Crippen MR) is 77.6 cm³/mol. The van der Waals surface area contributed by atoms with Crippen molar-refractivity contribution in [2.24, 2.45) is 0 Å². The zero-order valence-corrected chi connectivity index (χ0v) is 12.3. The molecule has 1 unspecified atom stereocenters. The smallest absolute Gasteiger partial charge is 0.184 e. The van der Waals surface area contributed by atoms with Crippen LogP contribution >= 0.6 is 11.8 Å². The van der Waals surface area contributed by atoms with Gasteiger partial charge in [-0.05, 0) is 19.2 Å². The van der Waals surface area contributed by atoms with E-state index in [9.17, 15) is 4.79 Å². The van der Waals surface area contributed by atoms with E-state index in [0.29, 0.717) is 17.1 Å². The van der Waals surface area contributed by atoms with Crippen LogP contribution in [-0.2, 0) is 0 Å². The molecular weight excluding hydrogens is 262 g/mol. The summed E-state index contributed by atoms with van der Waals surface area (Å²) in [6.07, 6.45) is 0. The highest BCUT2D eigenvalue weighted by Gasteiger charge is 2.29. The second-order valence-corrected chi connectivity index (χ2v) is 5.65. The average molecular weight is 281 g/mol. The first-order chi connectivity index (χ1) is 9.17. The summed E-state index contributed by atoms with van der Waals surface area (Å²) in [5.41, 5.74) is 0.627. The molecule has 1 fully saturated rings. The number of ether oxygens (including phenoxy) is 2. The Labute approximate surface area is 118 Å². The number of carbonyl (C=O) groups excluding carboxylic acids is 1. The maximum atomic E-state index is 12.6. The molecule has 2 rings (SSSR count). The molecular formula is C14H19NO3S. The van der Waals surface area contributed by atoms with Crippen molar-refractivity contribution in [2.75, 3.05) is 39.3 Å². The molecule has 0 aliphatic carbocycles. The average Bonchev–Trinajstić information content (AvgIpc) is 2.46. The molecule has 1 aliphatic rings. The van der Waals surface area contributed by atoms with Crippen LogP contribution in [0, 0.1) is 0 Å². The zero-order chi connectivity index (χ0) is 13.8. The number of hydrogen-bond donors (Lipinski definition) is 0. The number of carbonyl (C=O) groups is 1. The van der Waals surface area contributed by atoms with Crippen LogP contribution in [0.25, 0.3) is 0 Å². The Hall–Kier alpha value is -1.20. The summed E-state index contributed by atoms with van der Waals surface area (Å²) >= 11 is 1.82. The minimum atomic E-state index is -0.0685. The van der Waals surface area contributed by atoms with Gasteiger partial charge in [0.2, 0.25) is 0 Å². The fourth-order valence-electron chi connectivity index (χ4n) is 2.14. The molecule has 1 aromatic rings. The molecule has 0 bridgehead atoms. The van der Waals surface area contributed by atoms with E-state index in [2.05, 4.69) is 4.90 Å². The molecule has 19 heavy (non-hydrogen) atoms. The van der Waals surface area contributed by atoms with Gasteiger partial charge in [-0.1, -0.05) is 0 Å². The first kappa shape index (κ1) is 14.2. The van der Waals surface area contributed by atoms with Gasteiger partial charge in [0.15, 0.2) is 5.78 Å². The molecule has 104 valence electrons. The van der Waals surface area contributed by atoms with Gasteiger partial charge in [-0.2, -0.15) is 11.8 Å². The zero-order valence-electron chi connectivity index (χ0n) is 11.5. The number of Topliss-reactive ketones (excluding diaryl/α,β-unsaturated/α-hetero) is 1. The van der Waals surface area contributed by atoms with Crippen LogP contribution in [0.2, 0.25) is 0 Å². The van der Waals surface area contributed by atoms with Gasteiger partial charge in [0.1, 0.15) is 11.5 Å². The highest BCUT2D eigenvalue weighted by Crippen LogP contribution is 2.28. The molecule has 0 aromatic heterocycles. The molecule has 0 saturated carbocycles. The maximum Gasteiger partial charge on any atom is 0.184 e. The number of ketones is 1. The van der Waals surface area contributed by atoms with Crippen molar-refractivity contribution in [3.8, 4) is 11.5 Å². The van der Waals surface area contributed by atoms with E-state index in [1.807, 2.05) is 18.8 Å². The van der Waals surface area contributed by atoms with Crippen LogP contribution in [0.3, 0.4) is 0 Å². The largest absolute Gasteiger partial charge is 0.497 e. The van der Waals surface area contributed by atoms with Crippen molar-refractivity contribution in [1.29, 1.82) is 0 Å². The van der Waals surface area contributed by atoms with E-state index in [1.54, 1.807) is 32.4 Å². The van der Waals surface area contributed by atoms with Crippen LogP contribution in [0.4, 0.5) is 0 Å². The van der Waals surface area contributed by atoms with Gasteiger partial charge < -0.3 is 9.47 Å². The monoisotopic (exact) mass is 281 g/mol. The second-order valence-electron chi connectivity index (χ2n) is 4.50. The van der Waals surface area contributed by atoms with E-state index >= 15 is 0 Å². The Morgan fingerprint density at radius 3 is 2.79 bits per heavy atom. The Balaban J connectivity index is 2.27.